The number of hydrogen-bond acceptors (Lipinski definition) is 0. The molecule has 2 aliphatic carbocycles. The van der Waals surface area contributed by atoms with Crippen molar-refractivity contribution in [1.29, 1.82) is 0 Å². The second-order valence-electron chi connectivity index (χ2n) is 10.5. The first-order chi connectivity index (χ1) is 16.9. The molecule has 0 N–H and O–H groups in total. The van der Waals surface area contributed by atoms with Crippen molar-refractivity contribution in [2.75, 3.05) is 0 Å². The fourth-order valence-electron chi connectivity index (χ4n) is 6.61. The van der Waals surface area contributed by atoms with Crippen LogP contribution < -0.4 is 6.64 Å². The second-order valence-corrected chi connectivity index (χ2v) is 65.0. The molecule has 1 unspecified atom stereocenters. The Morgan fingerprint density at radius 3 is 1.60 bits per heavy atom. The van der Waals surface area contributed by atoms with E-state index in [2.05, 4.69) is 98.4 Å². The molecule has 0 aromatic heterocycles. The molecule has 0 saturated carbocycles. The summed E-state index contributed by atoms with van der Waals surface area (Å²) in [7, 11) is 16.7. The number of hydrogen-bond donors (Lipinski definition) is 0. The molecule has 4 heteroatoms. The monoisotopic (exact) mass is 681 g/mol. The van der Waals surface area contributed by atoms with Crippen LogP contribution in [0.2, 0.25) is 12.6 Å². The fraction of sp³-hybridized carbons (Fsp3) is 0.226. The molecule has 0 radical (unpaired) electrons. The first-order valence-electron chi connectivity index (χ1n) is 12.9. The summed E-state index contributed by atoms with van der Waals surface area (Å²) in [6, 6.07) is 32.5. The molecule has 0 aliphatic heterocycles. The zero-order chi connectivity index (χ0) is 24.2. The van der Waals surface area contributed by atoms with E-state index in [1.165, 1.54) is 70.0 Å². The molecule has 177 valence electrons. The van der Waals surface area contributed by atoms with Crippen LogP contribution in [-0.4, -0.2) is 5.98 Å². The minimum atomic E-state index is -4.84. The van der Waals surface area contributed by atoms with E-state index < -0.39 is 21.3 Å². The summed E-state index contributed by atoms with van der Waals surface area (Å²) in [5, 5.41) is 0. The maximum absolute atomic E-state index is 8.33. The van der Waals surface area contributed by atoms with Crippen LogP contribution in [0.25, 0.3) is 22.3 Å². The number of benzene rings is 4. The Hall–Kier alpha value is -1.45. The van der Waals surface area contributed by atoms with Crippen LogP contribution in [0.3, 0.4) is 0 Å². The third-order valence-corrected chi connectivity index (χ3v) is 73.8. The first-order valence-corrected chi connectivity index (χ1v) is 34.2. The molecule has 0 fully saturated rings. The Balaban J connectivity index is 1.62. The van der Waals surface area contributed by atoms with Gasteiger partial charge in [0.2, 0.25) is 0 Å². The van der Waals surface area contributed by atoms with Gasteiger partial charge < -0.3 is 0 Å². The molecule has 6 rings (SSSR count). The van der Waals surface area contributed by atoms with Crippen molar-refractivity contribution >= 4 is 29.8 Å². The van der Waals surface area contributed by atoms with Crippen LogP contribution >= 0.6 is 17.2 Å². The Morgan fingerprint density at radius 1 is 0.657 bits per heavy atom. The number of rotatable bonds is 6. The van der Waals surface area contributed by atoms with Gasteiger partial charge in [0.1, 0.15) is 0 Å². The summed E-state index contributed by atoms with van der Waals surface area (Å²) in [4.78, 5) is 0. The average molecular weight is 681 g/mol. The third-order valence-electron chi connectivity index (χ3n) is 8.55. The third kappa shape index (κ3) is 3.55. The van der Waals surface area contributed by atoms with Gasteiger partial charge in [0.15, 0.2) is 0 Å². The van der Waals surface area contributed by atoms with Gasteiger partial charge in [0.05, 0.1) is 0 Å². The van der Waals surface area contributed by atoms with E-state index in [1.807, 2.05) is 0 Å². The summed E-state index contributed by atoms with van der Waals surface area (Å²) in [5.41, 5.74) is 11.0. The Morgan fingerprint density at radius 2 is 1.11 bits per heavy atom. The molecule has 4 aromatic rings. The number of fused-ring (bicyclic) bond motifs is 6. The van der Waals surface area contributed by atoms with Crippen LogP contribution in [-0.2, 0) is 28.1 Å². The van der Waals surface area contributed by atoms with Gasteiger partial charge in [-0.2, -0.15) is 0 Å². The number of halogens is 2. The van der Waals surface area contributed by atoms with E-state index in [4.69, 9.17) is 17.2 Å². The predicted molar refractivity (Wildman–Crippen MR) is 153 cm³/mol. The summed E-state index contributed by atoms with van der Waals surface area (Å²) >= 11 is -4.84. The van der Waals surface area contributed by atoms with Gasteiger partial charge in [0.25, 0.3) is 0 Å². The summed E-state index contributed by atoms with van der Waals surface area (Å²) in [6.45, 7) is 4.76. The van der Waals surface area contributed by atoms with Gasteiger partial charge in [-0.05, 0) is 0 Å². The van der Waals surface area contributed by atoms with Crippen molar-refractivity contribution in [3.05, 3.63) is 107 Å². The van der Waals surface area contributed by atoms with E-state index in [0.717, 1.165) is 12.8 Å². The first kappa shape index (κ1) is 23.9. The molecule has 0 nitrogen and oxygen atoms in total. The Kier molecular flexibility index (Phi) is 6.04. The number of unbranched alkanes of at least 4 members (excludes halogenated alkanes) is 1. The van der Waals surface area contributed by atoms with Crippen molar-refractivity contribution in [2.45, 2.75) is 45.2 Å². The van der Waals surface area contributed by atoms with Crippen LogP contribution in [0.1, 0.15) is 42.0 Å². The molecule has 0 amide bonds. The molecule has 0 spiro atoms. The van der Waals surface area contributed by atoms with Gasteiger partial charge in [-0.3, -0.25) is 0 Å². The van der Waals surface area contributed by atoms with E-state index >= 15 is 0 Å². The Labute approximate surface area is 218 Å². The minimum absolute atomic E-state index is 0.942. The average Bonchev–Trinajstić information content (AvgIpc) is 3.45. The molecular formula is C31H31Cl2HfSi. The van der Waals surface area contributed by atoms with Crippen molar-refractivity contribution in [3.63, 3.8) is 0 Å². The van der Waals surface area contributed by atoms with Crippen molar-refractivity contribution < 1.29 is 15.3 Å². The quantitative estimate of drug-likeness (QED) is 0.157. The normalized spacial score (nSPS) is 15.5. The predicted octanol–water partition coefficient (Wildman–Crippen LogP) is 7.93. The topological polar surface area (TPSA) is 0 Å². The van der Waals surface area contributed by atoms with Crippen LogP contribution in [0.5, 0.6) is 0 Å². The fourth-order valence-corrected chi connectivity index (χ4v) is 53.4. The summed E-state index contributed by atoms with van der Waals surface area (Å²) in [6.07, 6.45) is 4.29. The zero-order valence-corrected chi connectivity index (χ0v) is 26.7. The van der Waals surface area contributed by atoms with E-state index in [-0.39, 0.29) is 0 Å². The van der Waals surface area contributed by atoms with Gasteiger partial charge in [-0.1, -0.05) is 0 Å². The second kappa shape index (κ2) is 8.84. The summed E-state index contributed by atoms with van der Waals surface area (Å²) in [5.74, 6) is -1.53. The van der Waals surface area contributed by atoms with Crippen LogP contribution in [0, 0.1) is 0 Å². The van der Waals surface area contributed by atoms with E-state index in [1.54, 1.807) is 0 Å². The van der Waals surface area contributed by atoms with Gasteiger partial charge >= 0.3 is 220 Å². The van der Waals surface area contributed by atoms with E-state index in [0.29, 0.717) is 0 Å². The molecule has 0 bridgehead atoms. The maximum atomic E-state index is 8.33. The zero-order valence-electron chi connectivity index (χ0n) is 20.5. The van der Waals surface area contributed by atoms with Gasteiger partial charge in [0, 0.05) is 0 Å². The summed E-state index contributed by atoms with van der Waals surface area (Å²) < 4.78 is 2.66. The van der Waals surface area contributed by atoms with Crippen LogP contribution in [0.15, 0.2) is 84.9 Å². The van der Waals surface area contributed by atoms with Crippen molar-refractivity contribution in [2.24, 2.45) is 0 Å². The molecule has 35 heavy (non-hydrogen) atoms. The standard InChI is InChI=1S/2C13H9.C5H13Si.2ClH.Hf/c2*1-3-7-12-10(5-1)9-11-6-2-4-8-13(11)12;1-3-4-5-6-2;;;/h2*1-5,7-8H,9H2;6H,3-5H2,1-2H3;2*1H;/q;;;;;+2/p-2. The molecule has 0 saturated heterocycles. The van der Waals surface area contributed by atoms with Crippen molar-refractivity contribution in [3.8, 4) is 22.3 Å². The molecular weight excluding hydrogens is 650 g/mol. The molecule has 2 aliphatic rings. The van der Waals surface area contributed by atoms with Crippen molar-refractivity contribution in [1.82, 2.24) is 0 Å². The molecule has 4 aromatic carbocycles. The SMILES string of the molecule is CCCC[SiH](C)[Hf]([Cl])([Cl])([c]1cccc2c1Cc1ccccc1-2)[c]1cccc2c1Cc1ccccc1-2. The van der Waals surface area contributed by atoms with Gasteiger partial charge in [-0.25, -0.2) is 0 Å². The molecule has 0 heterocycles. The van der Waals surface area contributed by atoms with Gasteiger partial charge in [-0.15, -0.1) is 0 Å². The van der Waals surface area contributed by atoms with E-state index in [9.17, 15) is 0 Å². The van der Waals surface area contributed by atoms with Crippen LogP contribution in [0.4, 0.5) is 0 Å². The molecule has 1 atom stereocenters. The Bertz CT molecular complexity index is 1360.